The van der Waals surface area contributed by atoms with Crippen LogP contribution in [0.1, 0.15) is 18.5 Å². The molecule has 4 heteroatoms. The second-order valence-corrected chi connectivity index (χ2v) is 5.14. The molecule has 3 nitrogen and oxygen atoms in total. The van der Waals surface area contributed by atoms with Crippen LogP contribution in [0.2, 0.25) is 0 Å². The van der Waals surface area contributed by atoms with Crippen molar-refractivity contribution in [3.05, 3.63) is 52.5 Å². The van der Waals surface area contributed by atoms with Crippen LogP contribution in [0.3, 0.4) is 0 Å². The predicted molar refractivity (Wildman–Crippen MR) is 79.8 cm³/mol. The molecule has 0 saturated carbocycles. The van der Waals surface area contributed by atoms with Crippen molar-refractivity contribution in [3.63, 3.8) is 0 Å². The minimum Gasteiger partial charge on any atom is -0.493 e. The number of methoxy groups -OCH3 is 1. The van der Waals surface area contributed by atoms with E-state index in [1.807, 2.05) is 49.4 Å². The molecule has 2 aromatic rings. The number of hydrogen-bond donors (Lipinski definition) is 1. The number of benzene rings is 2. The highest BCUT2D eigenvalue weighted by molar-refractivity contribution is 9.10. The molecule has 0 saturated heterocycles. The lowest BCUT2D eigenvalue weighted by Gasteiger charge is -2.15. The van der Waals surface area contributed by atoms with Gasteiger partial charge in [-0.2, -0.15) is 0 Å². The van der Waals surface area contributed by atoms with Crippen LogP contribution in [0.15, 0.2) is 46.9 Å². The van der Waals surface area contributed by atoms with Crippen LogP contribution in [0.4, 0.5) is 0 Å². The number of para-hydroxylation sites is 2. The second-order valence-electron chi connectivity index (χ2n) is 4.22. The van der Waals surface area contributed by atoms with Gasteiger partial charge in [-0.15, -0.1) is 0 Å². The molecule has 1 atom stereocenters. The molecule has 0 aromatic heterocycles. The molecule has 0 amide bonds. The van der Waals surface area contributed by atoms with E-state index in [1.165, 1.54) is 0 Å². The van der Waals surface area contributed by atoms with Crippen LogP contribution in [0.5, 0.6) is 17.2 Å². The molecule has 0 fully saturated rings. The third-order valence-electron chi connectivity index (χ3n) is 2.75. The topological polar surface area (TPSA) is 44.5 Å². The lowest BCUT2D eigenvalue weighted by molar-refractivity contribution is 0.377. The molecule has 19 heavy (non-hydrogen) atoms. The molecular formula is C15H16BrNO2. The molecule has 0 bridgehead atoms. The normalized spacial score (nSPS) is 12.0. The van der Waals surface area contributed by atoms with Crippen molar-refractivity contribution in [1.82, 2.24) is 0 Å². The van der Waals surface area contributed by atoms with Crippen molar-refractivity contribution in [2.24, 2.45) is 5.73 Å². The van der Waals surface area contributed by atoms with Gasteiger partial charge in [-0.1, -0.05) is 28.1 Å². The van der Waals surface area contributed by atoms with Crippen LogP contribution >= 0.6 is 15.9 Å². The molecule has 0 spiro atoms. The Labute approximate surface area is 121 Å². The smallest absolute Gasteiger partial charge is 0.169 e. The van der Waals surface area contributed by atoms with Gasteiger partial charge in [0, 0.05) is 16.1 Å². The Kier molecular flexibility index (Phi) is 4.45. The maximum absolute atomic E-state index is 5.98. The molecular weight excluding hydrogens is 306 g/mol. The van der Waals surface area contributed by atoms with Crippen molar-refractivity contribution < 1.29 is 9.47 Å². The van der Waals surface area contributed by atoms with Crippen molar-refractivity contribution >= 4 is 15.9 Å². The number of rotatable bonds is 4. The van der Waals surface area contributed by atoms with E-state index in [9.17, 15) is 0 Å². The maximum Gasteiger partial charge on any atom is 0.169 e. The molecule has 2 N–H and O–H groups in total. The van der Waals surface area contributed by atoms with Crippen LogP contribution in [0, 0.1) is 0 Å². The second kappa shape index (κ2) is 6.08. The van der Waals surface area contributed by atoms with E-state index in [1.54, 1.807) is 7.11 Å². The van der Waals surface area contributed by atoms with E-state index in [2.05, 4.69) is 15.9 Å². The number of nitrogens with two attached hydrogens (primary N) is 1. The van der Waals surface area contributed by atoms with E-state index in [-0.39, 0.29) is 6.04 Å². The Bertz CT molecular complexity index is 570. The first-order valence-corrected chi connectivity index (χ1v) is 6.77. The summed E-state index contributed by atoms with van der Waals surface area (Å²) in [6.45, 7) is 1.93. The minimum absolute atomic E-state index is 0.109. The third-order valence-corrected chi connectivity index (χ3v) is 3.24. The Morgan fingerprint density at radius 3 is 2.37 bits per heavy atom. The predicted octanol–water partition coefficient (Wildman–Crippen LogP) is 4.27. The van der Waals surface area contributed by atoms with Gasteiger partial charge in [-0.25, -0.2) is 0 Å². The van der Waals surface area contributed by atoms with Gasteiger partial charge < -0.3 is 15.2 Å². The first-order valence-electron chi connectivity index (χ1n) is 5.97. The fraction of sp³-hybridized carbons (Fsp3) is 0.200. The molecule has 0 aliphatic rings. The van der Waals surface area contributed by atoms with E-state index in [4.69, 9.17) is 15.2 Å². The molecule has 0 heterocycles. The van der Waals surface area contributed by atoms with Crippen LogP contribution < -0.4 is 15.2 Å². The first kappa shape index (κ1) is 13.9. The fourth-order valence-corrected chi connectivity index (χ4v) is 2.17. The van der Waals surface area contributed by atoms with Gasteiger partial charge in [-0.3, -0.25) is 0 Å². The summed E-state index contributed by atoms with van der Waals surface area (Å²) in [6, 6.07) is 13.2. The van der Waals surface area contributed by atoms with Gasteiger partial charge in [-0.05, 0) is 37.3 Å². The summed E-state index contributed by atoms with van der Waals surface area (Å²) < 4.78 is 12.2. The van der Waals surface area contributed by atoms with Gasteiger partial charge in [0.25, 0.3) is 0 Å². The Morgan fingerprint density at radius 1 is 1.05 bits per heavy atom. The van der Waals surface area contributed by atoms with Crippen LogP contribution in [-0.2, 0) is 0 Å². The Balaban J connectivity index is 2.38. The van der Waals surface area contributed by atoms with Crippen molar-refractivity contribution in [2.45, 2.75) is 13.0 Å². The van der Waals surface area contributed by atoms with Crippen molar-refractivity contribution in [1.29, 1.82) is 0 Å². The highest BCUT2D eigenvalue weighted by Crippen LogP contribution is 2.35. The first-order chi connectivity index (χ1) is 9.11. The molecule has 1 unspecified atom stereocenters. The molecule has 0 aliphatic heterocycles. The van der Waals surface area contributed by atoms with E-state index >= 15 is 0 Å². The van der Waals surface area contributed by atoms with Gasteiger partial charge in [0.15, 0.2) is 11.5 Å². The van der Waals surface area contributed by atoms with Gasteiger partial charge in [0.2, 0.25) is 0 Å². The highest BCUT2D eigenvalue weighted by atomic mass is 79.9. The van der Waals surface area contributed by atoms with E-state index in [0.29, 0.717) is 11.5 Å². The largest absolute Gasteiger partial charge is 0.493 e. The summed E-state index contributed by atoms with van der Waals surface area (Å²) >= 11 is 3.44. The minimum atomic E-state index is -0.109. The fourth-order valence-electron chi connectivity index (χ4n) is 1.79. The Morgan fingerprint density at radius 2 is 1.74 bits per heavy atom. The zero-order valence-corrected chi connectivity index (χ0v) is 12.5. The summed E-state index contributed by atoms with van der Waals surface area (Å²) in [4.78, 5) is 0. The quantitative estimate of drug-likeness (QED) is 0.914. The monoisotopic (exact) mass is 321 g/mol. The van der Waals surface area contributed by atoms with Gasteiger partial charge >= 0.3 is 0 Å². The average Bonchev–Trinajstić information content (AvgIpc) is 2.41. The number of halogens is 1. The van der Waals surface area contributed by atoms with Crippen LogP contribution in [-0.4, -0.2) is 7.11 Å². The van der Waals surface area contributed by atoms with Gasteiger partial charge in [0.05, 0.1) is 7.11 Å². The SMILES string of the molecule is COc1ccccc1Oc1ccc(Br)cc1C(C)N. The van der Waals surface area contributed by atoms with Crippen molar-refractivity contribution in [2.75, 3.05) is 7.11 Å². The van der Waals surface area contributed by atoms with Crippen LogP contribution in [0.25, 0.3) is 0 Å². The van der Waals surface area contributed by atoms with Gasteiger partial charge in [0.1, 0.15) is 5.75 Å². The average molecular weight is 322 g/mol. The highest BCUT2D eigenvalue weighted by Gasteiger charge is 2.11. The standard InChI is InChI=1S/C15H16BrNO2/c1-10(17)12-9-11(16)7-8-13(12)19-15-6-4-3-5-14(15)18-2/h3-10H,17H2,1-2H3. The van der Waals surface area contributed by atoms with E-state index in [0.717, 1.165) is 15.8 Å². The molecule has 100 valence electrons. The summed E-state index contributed by atoms with van der Waals surface area (Å²) in [7, 11) is 1.62. The number of hydrogen-bond acceptors (Lipinski definition) is 3. The molecule has 2 rings (SSSR count). The third kappa shape index (κ3) is 3.28. The summed E-state index contributed by atoms with van der Waals surface area (Å²) in [6.07, 6.45) is 0. The lowest BCUT2D eigenvalue weighted by atomic mass is 10.1. The zero-order valence-electron chi connectivity index (χ0n) is 10.9. The summed E-state index contributed by atoms with van der Waals surface area (Å²) in [5.41, 5.74) is 6.92. The summed E-state index contributed by atoms with van der Waals surface area (Å²) in [5, 5.41) is 0. The summed E-state index contributed by atoms with van der Waals surface area (Å²) in [5.74, 6) is 2.11. The van der Waals surface area contributed by atoms with Crippen molar-refractivity contribution in [3.8, 4) is 17.2 Å². The molecule has 2 aromatic carbocycles. The van der Waals surface area contributed by atoms with E-state index < -0.39 is 0 Å². The molecule has 0 aliphatic carbocycles. The zero-order chi connectivity index (χ0) is 13.8. The maximum atomic E-state index is 5.98. The lowest BCUT2D eigenvalue weighted by Crippen LogP contribution is -2.06. The Hall–Kier alpha value is -1.52. The number of ether oxygens (including phenoxy) is 2. The molecule has 0 radical (unpaired) electrons.